The largest absolute Gasteiger partial charge is 0.456 e. The zero-order chi connectivity index (χ0) is 42.1. The Morgan fingerprint density at radius 1 is 0.722 bits per heavy atom. The van der Waals surface area contributed by atoms with Crippen LogP contribution in [0.1, 0.15) is 25.7 Å². The topological polar surface area (TPSA) is 16.4 Å². The molecule has 2 atom stereocenters. The minimum atomic E-state index is -1.15. The minimum Gasteiger partial charge on any atom is -0.456 e. The van der Waals surface area contributed by atoms with Crippen LogP contribution in [0.15, 0.2) is 224 Å². The Morgan fingerprint density at radius 2 is 1.46 bits per heavy atom. The third-order valence-corrected chi connectivity index (χ3v) is 9.53. The van der Waals surface area contributed by atoms with Crippen molar-refractivity contribution in [3.05, 3.63) is 231 Å². The Bertz CT molecular complexity index is 3020. The van der Waals surface area contributed by atoms with Crippen molar-refractivity contribution in [1.82, 2.24) is 0 Å². The first kappa shape index (κ1) is 27.7. The number of rotatable bonds is 11. The maximum atomic E-state index is 9.62. The number of anilines is 2. The molecule has 0 radical (unpaired) electrons. The predicted octanol–water partition coefficient (Wildman–Crippen LogP) is 14.4. The molecule has 0 spiro atoms. The molecular weight excluding hydrogens is 655 g/mol. The Kier molecular flexibility index (Phi) is 7.89. The third kappa shape index (κ3) is 6.74. The summed E-state index contributed by atoms with van der Waals surface area (Å²) in [7, 11) is 0. The summed E-state index contributed by atoms with van der Waals surface area (Å²) < 4.78 is 63.2. The lowest BCUT2D eigenvalue weighted by atomic mass is 9.94. The lowest BCUT2D eigenvalue weighted by Crippen LogP contribution is -2.30. The van der Waals surface area contributed by atoms with Gasteiger partial charge in [-0.2, -0.15) is 0 Å². The molecule has 0 N–H and O–H groups in total. The molecule has 0 fully saturated rings. The summed E-state index contributed by atoms with van der Waals surface area (Å²) >= 11 is 0. The molecule has 1 aliphatic carbocycles. The zero-order valence-corrected chi connectivity index (χ0v) is 29.7. The van der Waals surface area contributed by atoms with Crippen LogP contribution in [-0.4, -0.2) is 6.04 Å². The van der Waals surface area contributed by atoms with Crippen LogP contribution in [0.2, 0.25) is 0 Å². The molecule has 0 saturated heterocycles. The fourth-order valence-corrected chi connectivity index (χ4v) is 6.93. The summed E-state index contributed by atoms with van der Waals surface area (Å²) in [6.07, 6.45) is 12.5. The second-order valence-corrected chi connectivity index (χ2v) is 12.8. The monoisotopic (exact) mass is 701 g/mol. The van der Waals surface area contributed by atoms with Crippen LogP contribution in [0.25, 0.3) is 55.0 Å². The molecule has 0 bridgehead atoms. The zero-order valence-electron chi connectivity index (χ0n) is 35.7. The minimum absolute atomic E-state index is 0.0436. The highest BCUT2D eigenvalue weighted by molar-refractivity contribution is 6.16. The van der Waals surface area contributed by atoms with Gasteiger partial charge in [-0.3, -0.25) is 0 Å². The number of furan rings is 1. The molecule has 54 heavy (non-hydrogen) atoms. The summed E-state index contributed by atoms with van der Waals surface area (Å²) in [5, 5.41) is 3.89. The van der Waals surface area contributed by atoms with Crippen molar-refractivity contribution in [1.29, 1.82) is 0 Å². The van der Waals surface area contributed by atoms with E-state index in [2.05, 4.69) is 31.9 Å². The summed E-state index contributed by atoms with van der Waals surface area (Å²) in [6, 6.07) is 35.1. The van der Waals surface area contributed by atoms with Gasteiger partial charge in [0.05, 0.1) is 12.9 Å². The lowest BCUT2D eigenvalue weighted by Gasteiger charge is -2.35. The number of nitrogens with zero attached hydrogens (tertiary/aromatic N) is 1. The van der Waals surface area contributed by atoms with Crippen molar-refractivity contribution in [3.8, 4) is 11.1 Å². The number of hydrogen-bond acceptors (Lipinski definition) is 2. The molecule has 0 amide bonds. The second-order valence-electron chi connectivity index (χ2n) is 12.8. The average molecular weight is 702 g/mol. The van der Waals surface area contributed by atoms with Crippen LogP contribution in [0.3, 0.4) is 0 Å². The fourth-order valence-electron chi connectivity index (χ4n) is 6.93. The predicted molar refractivity (Wildman–Crippen MR) is 233 cm³/mol. The van der Waals surface area contributed by atoms with Crippen molar-refractivity contribution < 1.29 is 12.6 Å². The molecule has 1 aromatic heterocycles. The molecule has 6 aromatic carbocycles. The van der Waals surface area contributed by atoms with Gasteiger partial charge in [-0.15, -0.1) is 0 Å². The van der Waals surface area contributed by atoms with E-state index in [4.69, 9.17) is 4.42 Å². The van der Waals surface area contributed by atoms with E-state index in [1.807, 2.05) is 103 Å². The molecule has 1 heterocycles. The first-order chi connectivity index (χ1) is 29.1. The summed E-state index contributed by atoms with van der Waals surface area (Å²) in [4.78, 5) is 1.65. The molecule has 2 nitrogen and oxygen atoms in total. The van der Waals surface area contributed by atoms with Crippen LogP contribution < -0.4 is 4.90 Å². The van der Waals surface area contributed by atoms with Crippen molar-refractivity contribution >= 4 is 55.2 Å². The van der Waals surface area contributed by atoms with E-state index in [1.54, 1.807) is 47.4 Å². The molecule has 8 rings (SSSR count). The molecule has 2 unspecified atom stereocenters. The highest BCUT2D eigenvalue weighted by atomic mass is 16.3. The van der Waals surface area contributed by atoms with E-state index < -0.39 is 12.4 Å². The molecule has 7 aromatic rings. The van der Waals surface area contributed by atoms with E-state index in [-0.39, 0.29) is 35.9 Å². The van der Waals surface area contributed by atoms with Gasteiger partial charge in [-0.25, -0.2) is 0 Å². The highest BCUT2D eigenvalue weighted by Gasteiger charge is 2.24. The van der Waals surface area contributed by atoms with Crippen LogP contribution in [0.5, 0.6) is 0 Å². The lowest BCUT2D eigenvalue weighted by molar-refractivity contribution is 0.669. The van der Waals surface area contributed by atoms with Gasteiger partial charge in [0.2, 0.25) is 0 Å². The fraction of sp³-hybridized carbons (Fsp3) is 0.0385. The van der Waals surface area contributed by atoms with Crippen LogP contribution in [0.4, 0.5) is 11.4 Å². The van der Waals surface area contributed by atoms with E-state index in [9.17, 15) is 8.22 Å². The normalized spacial score (nSPS) is 18.1. The van der Waals surface area contributed by atoms with Crippen LogP contribution >= 0.6 is 0 Å². The molecular formula is C52H41NO. The maximum Gasteiger partial charge on any atom is 0.136 e. The Hall–Kier alpha value is -6.90. The maximum absolute atomic E-state index is 9.62. The van der Waals surface area contributed by atoms with E-state index in [1.165, 1.54) is 6.07 Å². The van der Waals surface area contributed by atoms with Gasteiger partial charge in [0, 0.05) is 29.1 Å². The van der Waals surface area contributed by atoms with Crippen molar-refractivity contribution in [2.45, 2.75) is 12.4 Å². The average Bonchev–Trinajstić information content (AvgIpc) is 3.63. The van der Waals surface area contributed by atoms with Gasteiger partial charge < -0.3 is 9.32 Å². The van der Waals surface area contributed by atoms with Gasteiger partial charge in [0.1, 0.15) is 11.2 Å². The number of allylic oxidation sites excluding steroid dienone is 11. The summed E-state index contributed by atoms with van der Waals surface area (Å²) in [5.41, 5.74) is 6.60. The third-order valence-electron chi connectivity index (χ3n) is 9.53. The summed E-state index contributed by atoms with van der Waals surface area (Å²) in [5.74, 6) is 0. The van der Waals surface area contributed by atoms with Gasteiger partial charge in [0.15, 0.2) is 0 Å². The van der Waals surface area contributed by atoms with Crippen molar-refractivity contribution in [2.24, 2.45) is 0 Å². The first-order valence-electron chi connectivity index (χ1n) is 20.9. The second kappa shape index (κ2) is 15.4. The number of hydrogen-bond donors (Lipinski definition) is 0. The van der Waals surface area contributed by atoms with E-state index >= 15 is 0 Å². The van der Waals surface area contributed by atoms with Gasteiger partial charge in [0.25, 0.3) is 0 Å². The van der Waals surface area contributed by atoms with Gasteiger partial charge in [-0.05, 0) is 86.9 Å². The van der Waals surface area contributed by atoms with E-state index in [0.717, 1.165) is 43.8 Å². The first-order valence-corrected chi connectivity index (χ1v) is 17.8. The Labute approximate surface area is 326 Å². The molecule has 0 saturated carbocycles. The number of benzene rings is 6. The quantitative estimate of drug-likeness (QED) is 0.125. The van der Waals surface area contributed by atoms with Crippen LogP contribution in [-0.2, 0) is 0 Å². The standard InChI is InChI=1S/C52H41NO/c1-4-16-38(5-2)41-29-33-45(34-30-41)53(44-31-27-37(28-32-44)17-14-22-39(6-3)40-18-8-7-9-19-40)49-25-13-12-23-46(49)47-24-15-26-50-52(47)48-35-42-20-10-11-21-43(42)36-51(48)54-50/h4-31,33-36,44H,1-3,32H2/b17-14+,38-16+,39-22+/i27D,29D,31D,32D,33D,34D. The van der Waals surface area contributed by atoms with Gasteiger partial charge >= 0.3 is 0 Å². The van der Waals surface area contributed by atoms with Gasteiger partial charge in [-0.1, -0.05) is 177 Å². The molecule has 260 valence electrons. The highest BCUT2D eigenvalue weighted by Crippen LogP contribution is 2.44. The van der Waals surface area contributed by atoms with Crippen LogP contribution in [0, 0.1) is 0 Å². The van der Waals surface area contributed by atoms with Crippen molar-refractivity contribution in [2.75, 3.05) is 4.90 Å². The number of para-hydroxylation sites is 1. The smallest absolute Gasteiger partial charge is 0.136 e. The summed E-state index contributed by atoms with van der Waals surface area (Å²) in [6.45, 7) is 11.6. The Morgan fingerprint density at radius 3 is 2.28 bits per heavy atom. The van der Waals surface area contributed by atoms with Crippen molar-refractivity contribution in [3.63, 3.8) is 0 Å². The number of fused-ring (bicyclic) bond motifs is 4. The van der Waals surface area contributed by atoms with E-state index in [0.29, 0.717) is 33.5 Å². The molecule has 0 aliphatic heterocycles. The SMILES string of the molecule is [2H]C1=C([2H])C(N(c2ccccc2-c2cccc3oc4cc5ccccc5cc4c23)c2c([2H])cc(/C(C=C)=C/C=C)c([2H])c2[2H])C([2H])C=C1/C=C/C=C(\C=C)c1ccccc1. The molecule has 1 aliphatic rings. The molecule has 2 heteroatoms. The Balaban J connectivity index is 1.34.